The summed E-state index contributed by atoms with van der Waals surface area (Å²) >= 11 is 0. The lowest BCUT2D eigenvalue weighted by Crippen LogP contribution is -2.50. The minimum Gasteiger partial charge on any atom is -0.455 e. The van der Waals surface area contributed by atoms with Gasteiger partial charge in [0.25, 0.3) is 5.91 Å². The zero-order valence-corrected chi connectivity index (χ0v) is 16.4. The molecule has 0 radical (unpaired) electrons. The van der Waals surface area contributed by atoms with E-state index in [2.05, 4.69) is 5.32 Å². The number of ether oxygens (including phenoxy) is 2. The maximum atomic E-state index is 13.0. The van der Waals surface area contributed by atoms with Gasteiger partial charge in [0.05, 0.1) is 29.7 Å². The number of hydrogen-bond acceptors (Lipinski definition) is 5. The van der Waals surface area contributed by atoms with Gasteiger partial charge in [-0.1, -0.05) is 36.4 Å². The van der Waals surface area contributed by atoms with Gasteiger partial charge in [0, 0.05) is 24.8 Å². The molecule has 1 saturated heterocycles. The molecule has 0 saturated carbocycles. The number of fused-ring (bicyclic) bond motifs is 1. The molecular weight excluding hydrogens is 370 g/mol. The summed E-state index contributed by atoms with van der Waals surface area (Å²) in [6, 6.07) is 14.2. The second kappa shape index (κ2) is 8.19. The van der Waals surface area contributed by atoms with Crippen molar-refractivity contribution in [2.24, 2.45) is 0 Å². The summed E-state index contributed by atoms with van der Waals surface area (Å²) < 4.78 is 17.1. The van der Waals surface area contributed by atoms with Crippen molar-refractivity contribution in [2.75, 3.05) is 20.3 Å². The van der Waals surface area contributed by atoms with E-state index in [-0.39, 0.29) is 29.1 Å². The van der Waals surface area contributed by atoms with Gasteiger partial charge in [-0.15, -0.1) is 0 Å². The number of nitrogens with one attached hydrogen (secondary N) is 1. The van der Waals surface area contributed by atoms with Crippen molar-refractivity contribution in [3.63, 3.8) is 0 Å². The molecule has 1 fully saturated rings. The van der Waals surface area contributed by atoms with Crippen LogP contribution < -0.4 is 10.7 Å². The average Bonchev–Trinajstić information content (AvgIpc) is 2.76. The lowest BCUT2D eigenvalue weighted by molar-refractivity contribution is -0.0349. The second-order valence-corrected chi connectivity index (χ2v) is 7.15. The Morgan fingerprint density at radius 2 is 1.93 bits per heavy atom. The zero-order chi connectivity index (χ0) is 20.4. The Labute approximate surface area is 168 Å². The van der Waals surface area contributed by atoms with Crippen LogP contribution in [0.15, 0.2) is 57.7 Å². The van der Waals surface area contributed by atoms with E-state index in [1.165, 1.54) is 0 Å². The molecule has 150 valence electrons. The molecule has 0 spiro atoms. The number of hydrogen-bond donors (Lipinski definition) is 1. The molecule has 2 heterocycles. The predicted octanol–water partition coefficient (Wildman–Crippen LogP) is 3.30. The Hall–Kier alpha value is -2.96. The Balaban J connectivity index is 1.78. The van der Waals surface area contributed by atoms with Crippen molar-refractivity contribution in [3.05, 3.63) is 69.9 Å². The van der Waals surface area contributed by atoms with Gasteiger partial charge in [-0.2, -0.15) is 0 Å². The standard InChI is InChI=1S/C23H23NO5/c1-14-20(25)16-9-6-10-17(22(16)29-21(14)15-7-4-3-5-8-15)23(26)24-18-13-28-12-11-19(18)27-2/h3-10,18-19H,11-13H2,1-2H3,(H,24,26)/t18-,19-/m1/s1. The van der Waals surface area contributed by atoms with Crippen LogP contribution in [0.5, 0.6) is 0 Å². The van der Waals surface area contributed by atoms with Gasteiger partial charge in [0.15, 0.2) is 11.0 Å². The van der Waals surface area contributed by atoms with Gasteiger partial charge in [-0.25, -0.2) is 0 Å². The number of amides is 1. The van der Waals surface area contributed by atoms with E-state index in [4.69, 9.17) is 13.9 Å². The van der Waals surface area contributed by atoms with Crippen molar-refractivity contribution < 1.29 is 18.7 Å². The second-order valence-electron chi connectivity index (χ2n) is 7.15. The summed E-state index contributed by atoms with van der Waals surface area (Å²) in [5.41, 5.74) is 1.76. The molecule has 1 amide bonds. The fraction of sp³-hybridized carbons (Fsp3) is 0.304. The van der Waals surface area contributed by atoms with Crippen LogP contribution in [0.25, 0.3) is 22.3 Å². The fourth-order valence-corrected chi connectivity index (χ4v) is 3.73. The highest BCUT2D eigenvalue weighted by Gasteiger charge is 2.28. The van der Waals surface area contributed by atoms with Gasteiger partial charge in [-0.3, -0.25) is 9.59 Å². The first-order valence-electron chi connectivity index (χ1n) is 9.63. The molecule has 0 bridgehead atoms. The van der Waals surface area contributed by atoms with E-state index >= 15 is 0 Å². The first kappa shape index (κ1) is 19.4. The number of methoxy groups -OCH3 is 1. The first-order chi connectivity index (χ1) is 14.1. The van der Waals surface area contributed by atoms with Crippen molar-refractivity contribution in [3.8, 4) is 11.3 Å². The minimum atomic E-state index is -0.320. The molecule has 4 rings (SSSR count). The highest BCUT2D eigenvalue weighted by atomic mass is 16.5. The smallest absolute Gasteiger partial charge is 0.255 e. The van der Waals surface area contributed by atoms with Crippen LogP contribution in [0.2, 0.25) is 0 Å². The quantitative estimate of drug-likeness (QED) is 0.736. The molecule has 0 aliphatic carbocycles. The highest BCUT2D eigenvalue weighted by Crippen LogP contribution is 2.27. The van der Waals surface area contributed by atoms with Crippen LogP contribution in [0.3, 0.4) is 0 Å². The summed E-state index contributed by atoms with van der Waals surface area (Å²) in [6.07, 6.45) is 0.598. The molecule has 29 heavy (non-hydrogen) atoms. The molecule has 1 aliphatic rings. The lowest BCUT2D eigenvalue weighted by Gasteiger charge is -2.31. The highest BCUT2D eigenvalue weighted by molar-refractivity contribution is 6.05. The maximum Gasteiger partial charge on any atom is 0.255 e. The molecule has 0 unspecified atom stereocenters. The summed E-state index contributed by atoms with van der Waals surface area (Å²) in [6.45, 7) is 2.73. The van der Waals surface area contributed by atoms with E-state index in [1.54, 1.807) is 32.2 Å². The third kappa shape index (κ3) is 3.69. The van der Waals surface area contributed by atoms with E-state index in [0.717, 1.165) is 5.56 Å². The van der Waals surface area contributed by atoms with Crippen molar-refractivity contribution in [1.29, 1.82) is 0 Å². The molecule has 6 heteroatoms. The summed E-state index contributed by atoms with van der Waals surface area (Å²) in [7, 11) is 1.63. The molecule has 6 nitrogen and oxygen atoms in total. The molecule has 2 aromatic carbocycles. The Kier molecular flexibility index (Phi) is 5.47. The third-order valence-electron chi connectivity index (χ3n) is 5.34. The van der Waals surface area contributed by atoms with E-state index in [9.17, 15) is 9.59 Å². The van der Waals surface area contributed by atoms with Crippen LogP contribution in [-0.4, -0.2) is 38.4 Å². The Morgan fingerprint density at radius 1 is 1.14 bits per heavy atom. The predicted molar refractivity (Wildman–Crippen MR) is 110 cm³/mol. The van der Waals surface area contributed by atoms with Crippen LogP contribution in [0.1, 0.15) is 22.3 Å². The summed E-state index contributed by atoms with van der Waals surface area (Å²) in [5.74, 6) is 0.151. The van der Waals surface area contributed by atoms with Gasteiger partial charge in [-0.05, 0) is 25.5 Å². The van der Waals surface area contributed by atoms with Crippen LogP contribution >= 0.6 is 0 Å². The first-order valence-corrected chi connectivity index (χ1v) is 9.63. The average molecular weight is 393 g/mol. The monoisotopic (exact) mass is 393 g/mol. The van der Waals surface area contributed by atoms with Crippen molar-refractivity contribution in [1.82, 2.24) is 5.32 Å². The van der Waals surface area contributed by atoms with Crippen LogP contribution in [0, 0.1) is 6.92 Å². The SMILES string of the molecule is CO[C@@H]1CCOC[C@H]1NC(=O)c1cccc2c(=O)c(C)c(-c3ccccc3)oc12. The number of para-hydroxylation sites is 1. The minimum absolute atomic E-state index is 0.114. The largest absolute Gasteiger partial charge is 0.455 e. The number of carbonyl (C=O) groups is 1. The van der Waals surface area contributed by atoms with Gasteiger partial charge in [0.2, 0.25) is 0 Å². The molecule has 1 aromatic heterocycles. The summed E-state index contributed by atoms with van der Waals surface area (Å²) in [4.78, 5) is 26.0. The van der Waals surface area contributed by atoms with E-state index in [0.29, 0.717) is 41.9 Å². The molecule has 2 atom stereocenters. The third-order valence-corrected chi connectivity index (χ3v) is 5.34. The molecular formula is C23H23NO5. The molecule has 1 aliphatic heterocycles. The van der Waals surface area contributed by atoms with E-state index < -0.39 is 0 Å². The van der Waals surface area contributed by atoms with Crippen molar-refractivity contribution in [2.45, 2.75) is 25.5 Å². The number of benzene rings is 2. The van der Waals surface area contributed by atoms with Crippen molar-refractivity contribution >= 4 is 16.9 Å². The normalized spacial score (nSPS) is 19.2. The molecule has 1 N–H and O–H groups in total. The van der Waals surface area contributed by atoms with E-state index in [1.807, 2.05) is 30.3 Å². The van der Waals surface area contributed by atoms with Gasteiger partial charge >= 0.3 is 0 Å². The number of rotatable bonds is 4. The van der Waals surface area contributed by atoms with Crippen LogP contribution in [0.4, 0.5) is 0 Å². The summed E-state index contributed by atoms with van der Waals surface area (Å²) in [5, 5.41) is 3.36. The zero-order valence-electron chi connectivity index (χ0n) is 16.4. The fourth-order valence-electron chi connectivity index (χ4n) is 3.73. The Morgan fingerprint density at radius 3 is 2.69 bits per heavy atom. The van der Waals surface area contributed by atoms with Gasteiger partial charge < -0.3 is 19.2 Å². The maximum absolute atomic E-state index is 13.0. The van der Waals surface area contributed by atoms with Crippen LogP contribution in [-0.2, 0) is 9.47 Å². The van der Waals surface area contributed by atoms with Gasteiger partial charge in [0.1, 0.15) is 5.76 Å². The number of carbonyl (C=O) groups excluding carboxylic acids is 1. The Bertz CT molecular complexity index is 1090. The molecule has 3 aromatic rings. The lowest BCUT2D eigenvalue weighted by atomic mass is 10.0. The topological polar surface area (TPSA) is 77.8 Å².